The normalized spacial score (nSPS) is 11.6. The molecular weight excluding hydrogens is 279 g/mol. The van der Waals surface area contributed by atoms with E-state index in [1.165, 1.54) is 12.1 Å². The highest BCUT2D eigenvalue weighted by molar-refractivity contribution is 6.30. The van der Waals surface area contributed by atoms with E-state index in [2.05, 4.69) is 15.2 Å². The summed E-state index contributed by atoms with van der Waals surface area (Å²) >= 11 is 5.97. The number of rotatable bonds is 2. The van der Waals surface area contributed by atoms with Crippen LogP contribution in [0.3, 0.4) is 0 Å². The minimum Gasteiger partial charge on any atom is -0.281 e. The van der Waals surface area contributed by atoms with E-state index >= 15 is 0 Å². The van der Waals surface area contributed by atoms with Crippen LogP contribution in [-0.2, 0) is 0 Å². The predicted octanol–water partition coefficient (Wildman–Crippen LogP) is 4.85. The van der Waals surface area contributed by atoms with Gasteiger partial charge in [-0.1, -0.05) is 11.6 Å². The molecule has 0 N–H and O–H groups in total. The van der Waals surface area contributed by atoms with Gasteiger partial charge in [-0.25, -0.2) is 9.37 Å². The standard InChI is InChI=1S/C14H10ClFN4/c1-9-14(19-18-12-5-3-11(16)4-6-12)20-8-10(15)2-7-13(20)17-9/h2-8H,1H3. The number of aryl methyl sites for hydroxylation is 1. The molecule has 4 nitrogen and oxygen atoms in total. The fourth-order valence-electron chi connectivity index (χ4n) is 1.86. The number of nitrogens with zero attached hydrogens (tertiary/aromatic N) is 4. The highest BCUT2D eigenvalue weighted by atomic mass is 35.5. The summed E-state index contributed by atoms with van der Waals surface area (Å²) in [7, 11) is 0. The second-order valence-electron chi connectivity index (χ2n) is 4.27. The number of aromatic nitrogens is 2. The van der Waals surface area contributed by atoms with Crippen LogP contribution in [-0.4, -0.2) is 9.38 Å². The van der Waals surface area contributed by atoms with E-state index in [4.69, 9.17) is 11.6 Å². The van der Waals surface area contributed by atoms with Crippen LogP contribution in [0.15, 0.2) is 52.8 Å². The second-order valence-corrected chi connectivity index (χ2v) is 4.71. The molecule has 0 aliphatic heterocycles. The first-order valence-electron chi connectivity index (χ1n) is 5.95. The molecule has 0 amide bonds. The summed E-state index contributed by atoms with van der Waals surface area (Å²) in [6.07, 6.45) is 1.73. The molecule has 20 heavy (non-hydrogen) atoms. The van der Waals surface area contributed by atoms with Crippen LogP contribution in [0.5, 0.6) is 0 Å². The van der Waals surface area contributed by atoms with E-state index in [1.807, 2.05) is 13.0 Å². The van der Waals surface area contributed by atoms with Crippen LogP contribution < -0.4 is 0 Å². The summed E-state index contributed by atoms with van der Waals surface area (Å²) in [4.78, 5) is 4.37. The third-order valence-corrected chi connectivity index (χ3v) is 3.04. The molecule has 0 saturated carbocycles. The number of pyridine rings is 1. The van der Waals surface area contributed by atoms with Crippen LogP contribution in [0.1, 0.15) is 5.69 Å². The minimum absolute atomic E-state index is 0.304. The Morgan fingerprint density at radius 1 is 1.10 bits per heavy atom. The number of hydrogen-bond donors (Lipinski definition) is 0. The Labute approximate surface area is 119 Å². The third-order valence-electron chi connectivity index (χ3n) is 2.81. The number of fused-ring (bicyclic) bond motifs is 1. The molecule has 2 heterocycles. The molecule has 0 atom stereocenters. The van der Waals surface area contributed by atoms with Gasteiger partial charge in [-0.15, -0.1) is 10.2 Å². The first kappa shape index (κ1) is 12.7. The highest BCUT2D eigenvalue weighted by Crippen LogP contribution is 2.25. The van der Waals surface area contributed by atoms with Crippen molar-refractivity contribution < 1.29 is 4.39 Å². The minimum atomic E-state index is -0.304. The molecule has 3 rings (SSSR count). The van der Waals surface area contributed by atoms with Crippen molar-refractivity contribution in [3.63, 3.8) is 0 Å². The summed E-state index contributed by atoms with van der Waals surface area (Å²) < 4.78 is 14.6. The van der Waals surface area contributed by atoms with Gasteiger partial charge in [0.1, 0.15) is 11.5 Å². The summed E-state index contributed by atoms with van der Waals surface area (Å²) in [5.41, 5.74) is 2.07. The number of halogens is 2. The van der Waals surface area contributed by atoms with Gasteiger partial charge in [0.15, 0.2) is 5.82 Å². The smallest absolute Gasteiger partial charge is 0.182 e. The topological polar surface area (TPSA) is 42.0 Å². The van der Waals surface area contributed by atoms with E-state index in [0.717, 1.165) is 11.3 Å². The first-order valence-corrected chi connectivity index (χ1v) is 6.33. The zero-order valence-corrected chi connectivity index (χ0v) is 11.3. The van der Waals surface area contributed by atoms with E-state index in [1.54, 1.807) is 28.8 Å². The van der Waals surface area contributed by atoms with Crippen molar-refractivity contribution in [1.82, 2.24) is 9.38 Å². The van der Waals surface area contributed by atoms with E-state index in [0.29, 0.717) is 16.5 Å². The van der Waals surface area contributed by atoms with Crippen molar-refractivity contribution in [1.29, 1.82) is 0 Å². The predicted molar refractivity (Wildman–Crippen MR) is 75.5 cm³/mol. The van der Waals surface area contributed by atoms with Gasteiger partial charge in [-0.05, 0) is 43.3 Å². The molecule has 1 aromatic carbocycles. The Morgan fingerprint density at radius 2 is 1.85 bits per heavy atom. The van der Waals surface area contributed by atoms with Crippen molar-refractivity contribution in [2.75, 3.05) is 0 Å². The average molecular weight is 289 g/mol. The molecule has 6 heteroatoms. The van der Waals surface area contributed by atoms with Gasteiger partial charge in [0.25, 0.3) is 0 Å². The van der Waals surface area contributed by atoms with E-state index in [9.17, 15) is 4.39 Å². The van der Waals surface area contributed by atoms with Crippen molar-refractivity contribution in [3.05, 3.63) is 59.1 Å². The Hall–Kier alpha value is -2.27. The number of imidazole rings is 1. The first-order chi connectivity index (χ1) is 9.63. The average Bonchev–Trinajstić information content (AvgIpc) is 2.73. The maximum Gasteiger partial charge on any atom is 0.182 e. The van der Waals surface area contributed by atoms with Crippen molar-refractivity contribution in [3.8, 4) is 0 Å². The maximum absolute atomic E-state index is 12.8. The third kappa shape index (κ3) is 2.40. The molecule has 100 valence electrons. The van der Waals surface area contributed by atoms with Crippen molar-refractivity contribution >= 4 is 28.8 Å². The lowest BCUT2D eigenvalue weighted by Crippen LogP contribution is -1.82. The SMILES string of the molecule is Cc1nc2ccc(Cl)cn2c1N=Nc1ccc(F)cc1. The van der Waals surface area contributed by atoms with Gasteiger partial charge >= 0.3 is 0 Å². The molecule has 0 fully saturated rings. The van der Waals surface area contributed by atoms with Crippen LogP contribution in [0, 0.1) is 12.7 Å². The molecule has 3 aromatic rings. The highest BCUT2D eigenvalue weighted by Gasteiger charge is 2.08. The summed E-state index contributed by atoms with van der Waals surface area (Å²) in [6.45, 7) is 1.85. The second kappa shape index (κ2) is 5.02. The lowest BCUT2D eigenvalue weighted by atomic mass is 10.3. The molecule has 0 saturated heterocycles. The van der Waals surface area contributed by atoms with E-state index < -0.39 is 0 Å². The molecule has 0 aliphatic carbocycles. The van der Waals surface area contributed by atoms with Crippen molar-refractivity contribution in [2.45, 2.75) is 6.92 Å². The van der Waals surface area contributed by atoms with Gasteiger partial charge in [0.05, 0.1) is 16.4 Å². The molecule has 0 aliphatic rings. The number of azo groups is 1. The molecule has 0 spiro atoms. The van der Waals surface area contributed by atoms with Crippen LogP contribution >= 0.6 is 11.6 Å². The molecule has 0 bridgehead atoms. The zero-order chi connectivity index (χ0) is 14.1. The largest absolute Gasteiger partial charge is 0.281 e. The molecule has 2 aromatic heterocycles. The summed E-state index contributed by atoms with van der Waals surface area (Å²) in [6, 6.07) is 9.38. The number of benzene rings is 1. The van der Waals surface area contributed by atoms with Crippen LogP contribution in [0.2, 0.25) is 5.02 Å². The van der Waals surface area contributed by atoms with E-state index in [-0.39, 0.29) is 5.82 Å². The lowest BCUT2D eigenvalue weighted by molar-refractivity contribution is 0.628. The summed E-state index contributed by atoms with van der Waals surface area (Å²) in [5, 5.41) is 8.86. The van der Waals surface area contributed by atoms with Gasteiger partial charge in [0, 0.05) is 6.20 Å². The van der Waals surface area contributed by atoms with Crippen LogP contribution in [0.25, 0.3) is 5.65 Å². The Morgan fingerprint density at radius 3 is 2.60 bits per heavy atom. The fraction of sp³-hybridized carbons (Fsp3) is 0.0714. The quantitative estimate of drug-likeness (QED) is 0.621. The monoisotopic (exact) mass is 288 g/mol. The molecular formula is C14H10ClFN4. The lowest BCUT2D eigenvalue weighted by Gasteiger charge is -1.97. The Kier molecular flexibility index (Phi) is 3.20. The molecule has 0 radical (unpaired) electrons. The fourth-order valence-corrected chi connectivity index (χ4v) is 2.02. The van der Waals surface area contributed by atoms with Crippen molar-refractivity contribution in [2.24, 2.45) is 10.2 Å². The Balaban J connectivity index is 2.03. The Bertz CT molecular complexity index is 793. The zero-order valence-electron chi connectivity index (χ0n) is 10.6. The van der Waals surface area contributed by atoms with Crippen LogP contribution in [0.4, 0.5) is 15.9 Å². The maximum atomic E-state index is 12.8. The van der Waals surface area contributed by atoms with Gasteiger partial charge in [0.2, 0.25) is 0 Å². The number of hydrogen-bond acceptors (Lipinski definition) is 3. The van der Waals surface area contributed by atoms with Gasteiger partial charge in [-0.2, -0.15) is 0 Å². The summed E-state index contributed by atoms with van der Waals surface area (Å²) in [5.74, 6) is 0.300. The van der Waals surface area contributed by atoms with Gasteiger partial charge < -0.3 is 0 Å². The molecule has 0 unspecified atom stereocenters. The van der Waals surface area contributed by atoms with Gasteiger partial charge in [-0.3, -0.25) is 4.40 Å².